The van der Waals surface area contributed by atoms with E-state index >= 15 is 0 Å². The van der Waals surface area contributed by atoms with Gasteiger partial charge in [-0.05, 0) is 24.6 Å². The van der Waals surface area contributed by atoms with Crippen molar-refractivity contribution in [2.75, 3.05) is 26.8 Å². The largest absolute Gasteiger partial charge is 0.408 e. The second kappa shape index (κ2) is 9.18. The number of ether oxygens (including phenoxy) is 1. The van der Waals surface area contributed by atoms with E-state index in [4.69, 9.17) is 4.74 Å². The van der Waals surface area contributed by atoms with E-state index in [2.05, 4.69) is 20.1 Å². The van der Waals surface area contributed by atoms with Gasteiger partial charge in [-0.25, -0.2) is 0 Å². The Balaban J connectivity index is 1.83. The first-order valence-electron chi connectivity index (χ1n) is 10.5. The number of alkyl halides is 3. The van der Waals surface area contributed by atoms with Gasteiger partial charge in [0, 0.05) is 49.7 Å². The van der Waals surface area contributed by atoms with Gasteiger partial charge in [0.05, 0.1) is 23.2 Å². The Morgan fingerprint density at radius 1 is 1.27 bits per heavy atom. The number of methoxy groups -OCH3 is 1. The predicted octanol–water partition coefficient (Wildman–Crippen LogP) is 4.04. The molecule has 0 saturated carbocycles. The quantitative estimate of drug-likeness (QED) is 0.429. The van der Waals surface area contributed by atoms with Gasteiger partial charge < -0.3 is 14.6 Å². The minimum absolute atomic E-state index is 0.0546. The molecule has 0 bridgehead atoms. The number of carbonyl (C=O) groups excluding carboxylic acids is 1. The first-order chi connectivity index (χ1) is 15.8. The molecule has 174 valence electrons. The molecule has 0 radical (unpaired) electrons. The van der Waals surface area contributed by atoms with E-state index in [1.807, 2.05) is 13.0 Å². The van der Waals surface area contributed by atoms with Gasteiger partial charge in [-0.1, -0.05) is 6.92 Å². The summed E-state index contributed by atoms with van der Waals surface area (Å²) in [5, 5.41) is 4.65. The lowest BCUT2D eigenvalue weighted by Crippen LogP contribution is -2.35. The molecule has 1 amide bonds. The van der Waals surface area contributed by atoms with Gasteiger partial charge in [0.2, 0.25) is 0 Å². The Hall–Kier alpha value is -3.47. The third kappa shape index (κ3) is 4.68. The number of nitrogens with zero attached hydrogens (tertiary/aromatic N) is 5. The maximum absolute atomic E-state index is 13.3. The summed E-state index contributed by atoms with van der Waals surface area (Å²) in [6.45, 7) is 1.83. The van der Waals surface area contributed by atoms with Gasteiger partial charge in [0.25, 0.3) is 5.91 Å². The van der Waals surface area contributed by atoms with Crippen LogP contribution in [0.25, 0.3) is 33.2 Å². The fraction of sp³-hybridized carbons (Fsp3) is 0.364. The molecule has 0 fully saturated rings. The van der Waals surface area contributed by atoms with Gasteiger partial charge in [-0.2, -0.15) is 18.3 Å². The highest BCUT2D eigenvalue weighted by Crippen LogP contribution is 2.33. The molecule has 0 atom stereocenters. The minimum atomic E-state index is -4.49. The van der Waals surface area contributed by atoms with Gasteiger partial charge in [-0.3, -0.25) is 19.4 Å². The maximum atomic E-state index is 13.3. The van der Waals surface area contributed by atoms with E-state index in [0.717, 1.165) is 16.6 Å². The molecule has 11 heteroatoms. The number of hydrogen-bond donors (Lipinski definition) is 1. The number of H-pyrrole nitrogens is 1. The summed E-state index contributed by atoms with van der Waals surface area (Å²) in [6, 6.07) is 4.95. The molecule has 0 unspecified atom stereocenters. The molecule has 4 aromatic heterocycles. The molecule has 0 aliphatic carbocycles. The average Bonchev–Trinajstić information content (AvgIpc) is 3.36. The summed E-state index contributed by atoms with van der Waals surface area (Å²) in [6.07, 6.45) is 0.895. The molecule has 33 heavy (non-hydrogen) atoms. The number of nitrogens with one attached hydrogen (secondary N) is 1. The van der Waals surface area contributed by atoms with Gasteiger partial charge in [-0.15, -0.1) is 0 Å². The average molecular weight is 460 g/mol. The highest BCUT2D eigenvalue weighted by atomic mass is 19.4. The second-order valence-corrected chi connectivity index (χ2v) is 7.60. The summed E-state index contributed by atoms with van der Waals surface area (Å²) in [5.41, 5.74) is 2.43. The van der Waals surface area contributed by atoms with Crippen molar-refractivity contribution in [3.05, 3.63) is 42.5 Å². The van der Waals surface area contributed by atoms with Crippen molar-refractivity contribution in [3.8, 4) is 11.3 Å². The molecule has 4 rings (SSSR count). The fourth-order valence-electron chi connectivity index (χ4n) is 3.76. The topological polar surface area (TPSA) is 88.9 Å². The first-order valence-corrected chi connectivity index (χ1v) is 10.5. The van der Waals surface area contributed by atoms with E-state index in [0.29, 0.717) is 41.9 Å². The zero-order chi connectivity index (χ0) is 23.6. The van der Waals surface area contributed by atoms with Crippen LogP contribution in [0.2, 0.25) is 0 Å². The zero-order valence-electron chi connectivity index (χ0n) is 18.2. The van der Waals surface area contributed by atoms with Crippen molar-refractivity contribution in [3.63, 3.8) is 0 Å². The van der Waals surface area contributed by atoms with Crippen molar-refractivity contribution in [2.45, 2.75) is 26.1 Å². The van der Waals surface area contributed by atoms with Crippen LogP contribution in [0.1, 0.15) is 23.8 Å². The van der Waals surface area contributed by atoms with Crippen molar-refractivity contribution in [1.82, 2.24) is 29.6 Å². The molecule has 0 aliphatic rings. The molecule has 4 heterocycles. The molecule has 4 aromatic rings. The van der Waals surface area contributed by atoms with Crippen LogP contribution >= 0.6 is 0 Å². The third-order valence-electron chi connectivity index (χ3n) is 5.22. The molecular formula is C22H23F3N6O2. The second-order valence-electron chi connectivity index (χ2n) is 7.60. The smallest absolute Gasteiger partial charge is 0.383 e. The number of carbonyl (C=O) groups is 1. The normalized spacial score (nSPS) is 12.0. The maximum Gasteiger partial charge on any atom is 0.408 e. The fourth-order valence-corrected chi connectivity index (χ4v) is 3.76. The number of rotatable bonds is 8. The summed E-state index contributed by atoms with van der Waals surface area (Å²) < 4.78 is 45.9. The third-order valence-corrected chi connectivity index (χ3v) is 5.22. The van der Waals surface area contributed by atoms with Gasteiger partial charge in [0.15, 0.2) is 0 Å². The Bertz CT molecular complexity index is 1280. The number of hydrogen-bond acceptors (Lipinski definition) is 5. The molecule has 1 N–H and O–H groups in total. The molecule has 0 aromatic carbocycles. The van der Waals surface area contributed by atoms with Gasteiger partial charge >= 0.3 is 6.18 Å². The van der Waals surface area contributed by atoms with Gasteiger partial charge in [0.1, 0.15) is 17.9 Å². The van der Waals surface area contributed by atoms with E-state index in [9.17, 15) is 18.0 Å². The summed E-state index contributed by atoms with van der Waals surface area (Å²) in [5.74, 6) is -0.370. The zero-order valence-corrected chi connectivity index (χ0v) is 18.2. The lowest BCUT2D eigenvalue weighted by Gasteiger charge is -2.21. The Labute approximate surface area is 187 Å². The van der Waals surface area contributed by atoms with E-state index in [1.54, 1.807) is 23.4 Å². The van der Waals surface area contributed by atoms with E-state index in [1.165, 1.54) is 19.4 Å². The van der Waals surface area contributed by atoms with E-state index in [-0.39, 0.29) is 17.1 Å². The van der Waals surface area contributed by atoms with E-state index < -0.39 is 12.7 Å². The van der Waals surface area contributed by atoms with Crippen LogP contribution in [-0.4, -0.2) is 68.5 Å². The Morgan fingerprint density at radius 3 is 2.82 bits per heavy atom. The number of amides is 1. The lowest BCUT2D eigenvalue weighted by atomic mass is 10.1. The van der Waals surface area contributed by atoms with Crippen LogP contribution in [-0.2, 0) is 11.3 Å². The van der Waals surface area contributed by atoms with Crippen molar-refractivity contribution in [1.29, 1.82) is 0 Å². The Kier molecular flexibility index (Phi) is 6.32. The van der Waals surface area contributed by atoms with Crippen molar-refractivity contribution < 1.29 is 22.7 Å². The summed E-state index contributed by atoms with van der Waals surface area (Å²) >= 11 is 0. The molecule has 0 saturated heterocycles. The SMILES string of the molecule is CCCN(CCOC)C(=O)c1cc2c(cn1)c(-c1c[nH]c3cccnc13)nn2CC(F)(F)F. The van der Waals surface area contributed by atoms with Crippen LogP contribution in [0.15, 0.2) is 36.8 Å². The molecule has 8 nitrogen and oxygen atoms in total. The number of aromatic amines is 1. The van der Waals surface area contributed by atoms with Crippen molar-refractivity contribution in [2.24, 2.45) is 0 Å². The number of fused-ring (bicyclic) bond motifs is 2. The number of aromatic nitrogens is 5. The van der Waals surface area contributed by atoms with Crippen LogP contribution in [0.3, 0.4) is 0 Å². The summed E-state index contributed by atoms with van der Waals surface area (Å²) in [7, 11) is 1.54. The monoisotopic (exact) mass is 460 g/mol. The first kappa shape index (κ1) is 22.7. The molecule has 0 spiro atoms. The Morgan fingerprint density at radius 2 is 2.09 bits per heavy atom. The lowest BCUT2D eigenvalue weighted by molar-refractivity contribution is -0.141. The molecule has 0 aliphatic heterocycles. The minimum Gasteiger partial charge on any atom is -0.383 e. The van der Waals surface area contributed by atoms with Crippen molar-refractivity contribution >= 4 is 27.8 Å². The van der Waals surface area contributed by atoms with Crippen LogP contribution in [0.4, 0.5) is 13.2 Å². The number of pyridine rings is 2. The highest BCUT2D eigenvalue weighted by molar-refractivity contribution is 6.03. The number of halogens is 3. The molecular weight excluding hydrogens is 437 g/mol. The summed E-state index contributed by atoms with van der Waals surface area (Å²) in [4.78, 5) is 26.3. The van der Waals surface area contributed by atoms with Crippen LogP contribution < -0.4 is 0 Å². The van der Waals surface area contributed by atoms with Crippen LogP contribution in [0, 0.1) is 0 Å². The van der Waals surface area contributed by atoms with Crippen LogP contribution in [0.5, 0.6) is 0 Å². The predicted molar refractivity (Wildman–Crippen MR) is 117 cm³/mol. The standard InChI is InChI=1S/C22H23F3N6O2/c1-3-7-30(8-9-33-2)21(32)17-10-18-14(11-28-17)19(29-31(18)13-22(23,24)25)15-12-27-16-5-4-6-26-20(15)16/h4-6,10-12,27H,3,7-9,13H2,1-2H3. The highest BCUT2D eigenvalue weighted by Gasteiger charge is 2.31.